The molecule has 0 bridgehead atoms. The number of nitrogens with one attached hydrogen (secondary N) is 1. The minimum Gasteiger partial charge on any atom is -0.371 e. The van der Waals surface area contributed by atoms with Crippen LogP contribution in [0.3, 0.4) is 0 Å². The maximum Gasteiger partial charge on any atom is 0.122 e. The first-order valence-corrected chi connectivity index (χ1v) is 7.74. The second kappa shape index (κ2) is 6.13. The molecule has 0 radical (unpaired) electrons. The lowest BCUT2D eigenvalue weighted by atomic mass is 10.1. The van der Waals surface area contributed by atoms with E-state index in [0.717, 1.165) is 13.2 Å². The molecule has 0 spiro atoms. The highest BCUT2D eigenvalue weighted by Gasteiger charge is 2.31. The molecular weight excluding hydrogens is 244 g/mol. The summed E-state index contributed by atoms with van der Waals surface area (Å²) in [5.41, 5.74) is 1.33. The molecule has 1 saturated carbocycles. The lowest BCUT2D eigenvalue weighted by Crippen LogP contribution is -2.10. The normalized spacial score (nSPS) is 17.4. The molecule has 1 heterocycles. The minimum atomic E-state index is 0.156. The molecule has 102 valence electrons. The van der Waals surface area contributed by atoms with E-state index in [1.54, 1.807) is 0 Å². The number of hydrogen-bond donors (Lipinski definition) is 1. The molecule has 1 aliphatic rings. The number of rotatable bonds is 7. The summed E-state index contributed by atoms with van der Waals surface area (Å²) in [7, 11) is 2.00. The second-order valence-electron chi connectivity index (χ2n) is 5.29. The predicted octanol–water partition coefficient (Wildman–Crippen LogP) is 3.47. The van der Waals surface area contributed by atoms with Crippen molar-refractivity contribution in [2.45, 2.75) is 52.2 Å². The molecule has 1 aromatic rings. The number of hydrogen-bond acceptors (Lipinski definition) is 4. The van der Waals surface area contributed by atoms with Crippen molar-refractivity contribution in [2.75, 3.05) is 13.7 Å². The average molecular weight is 268 g/mol. The zero-order valence-electron chi connectivity index (χ0n) is 11.8. The Kier molecular flexibility index (Phi) is 4.76. The van der Waals surface area contributed by atoms with E-state index in [-0.39, 0.29) is 6.10 Å². The van der Waals surface area contributed by atoms with Gasteiger partial charge in [-0.1, -0.05) is 13.8 Å². The van der Waals surface area contributed by atoms with Gasteiger partial charge in [0.2, 0.25) is 0 Å². The zero-order valence-corrected chi connectivity index (χ0v) is 12.6. The number of thiazole rings is 1. The summed E-state index contributed by atoms with van der Waals surface area (Å²) in [5.74, 6) is 1.19. The summed E-state index contributed by atoms with van der Waals surface area (Å²) in [6, 6.07) is 0. The Morgan fingerprint density at radius 3 is 2.67 bits per heavy atom. The van der Waals surface area contributed by atoms with Crippen LogP contribution in [0.4, 0.5) is 0 Å². The van der Waals surface area contributed by atoms with Gasteiger partial charge in [-0.2, -0.15) is 0 Å². The van der Waals surface area contributed by atoms with Gasteiger partial charge in [-0.05, 0) is 32.7 Å². The first kappa shape index (κ1) is 14.0. The molecule has 0 saturated heterocycles. The lowest BCUT2D eigenvalue weighted by Gasteiger charge is -2.18. The highest BCUT2D eigenvalue weighted by atomic mass is 32.1. The molecule has 1 atom stereocenters. The van der Waals surface area contributed by atoms with Crippen LogP contribution in [0, 0.1) is 5.92 Å². The molecule has 18 heavy (non-hydrogen) atoms. The molecule has 1 N–H and O–H groups in total. The molecular formula is C14H24N2OS. The molecule has 0 aromatic carbocycles. The van der Waals surface area contributed by atoms with Crippen molar-refractivity contribution >= 4 is 11.3 Å². The molecule has 2 rings (SSSR count). The van der Waals surface area contributed by atoms with Crippen LogP contribution in [0.5, 0.6) is 0 Å². The van der Waals surface area contributed by atoms with Gasteiger partial charge in [-0.3, -0.25) is 0 Å². The van der Waals surface area contributed by atoms with E-state index in [9.17, 15) is 0 Å². The van der Waals surface area contributed by atoms with Crippen molar-refractivity contribution < 1.29 is 4.74 Å². The first-order valence-electron chi connectivity index (χ1n) is 6.93. The summed E-state index contributed by atoms with van der Waals surface area (Å²) < 4.78 is 5.86. The summed E-state index contributed by atoms with van der Waals surface area (Å²) in [6.45, 7) is 8.15. The third-order valence-electron chi connectivity index (χ3n) is 3.24. The Morgan fingerprint density at radius 1 is 1.44 bits per heavy atom. The first-order chi connectivity index (χ1) is 8.67. The zero-order chi connectivity index (χ0) is 13.1. The smallest absolute Gasteiger partial charge is 0.122 e. The van der Waals surface area contributed by atoms with Gasteiger partial charge in [-0.25, -0.2) is 4.98 Å². The molecule has 1 aromatic heterocycles. The number of aromatic nitrogens is 1. The molecule has 1 fully saturated rings. The standard InChI is InChI=1S/C14H24N2OS/c1-5-17-13(9(2)3)14-16-12(10-6-7-10)11(18-14)8-15-4/h9-10,13,15H,5-8H2,1-4H3. The van der Waals surface area contributed by atoms with E-state index >= 15 is 0 Å². The fourth-order valence-electron chi connectivity index (χ4n) is 2.20. The monoisotopic (exact) mass is 268 g/mol. The third-order valence-corrected chi connectivity index (χ3v) is 4.37. The van der Waals surface area contributed by atoms with Crippen LogP contribution in [0.2, 0.25) is 0 Å². The minimum absolute atomic E-state index is 0.156. The third kappa shape index (κ3) is 3.11. The highest BCUT2D eigenvalue weighted by Crippen LogP contribution is 2.44. The Labute approximate surface area is 114 Å². The van der Waals surface area contributed by atoms with Gasteiger partial charge in [0.05, 0.1) is 5.69 Å². The average Bonchev–Trinajstić information content (AvgIpc) is 3.09. The summed E-state index contributed by atoms with van der Waals surface area (Å²) in [5, 5.41) is 4.42. The van der Waals surface area contributed by atoms with Gasteiger partial charge in [-0.15, -0.1) is 11.3 Å². The maximum absolute atomic E-state index is 5.86. The van der Waals surface area contributed by atoms with Gasteiger partial charge < -0.3 is 10.1 Å². The van der Waals surface area contributed by atoms with Gasteiger partial charge in [0.25, 0.3) is 0 Å². The van der Waals surface area contributed by atoms with E-state index in [2.05, 4.69) is 26.1 Å². The van der Waals surface area contributed by atoms with Crippen molar-refractivity contribution in [3.63, 3.8) is 0 Å². The Balaban J connectivity index is 2.23. The van der Waals surface area contributed by atoms with Crippen LogP contribution in [-0.2, 0) is 11.3 Å². The molecule has 0 aliphatic heterocycles. The second-order valence-corrected chi connectivity index (χ2v) is 6.40. The summed E-state index contributed by atoms with van der Waals surface area (Å²) in [4.78, 5) is 6.29. The Hall–Kier alpha value is -0.450. The Morgan fingerprint density at radius 2 is 2.17 bits per heavy atom. The van der Waals surface area contributed by atoms with Gasteiger partial charge >= 0.3 is 0 Å². The van der Waals surface area contributed by atoms with Crippen molar-refractivity contribution in [2.24, 2.45) is 5.92 Å². The van der Waals surface area contributed by atoms with E-state index in [4.69, 9.17) is 9.72 Å². The predicted molar refractivity (Wildman–Crippen MR) is 76.1 cm³/mol. The molecule has 1 unspecified atom stereocenters. The summed E-state index contributed by atoms with van der Waals surface area (Å²) >= 11 is 1.83. The quantitative estimate of drug-likeness (QED) is 0.822. The fraction of sp³-hybridized carbons (Fsp3) is 0.786. The molecule has 4 heteroatoms. The number of nitrogens with zero attached hydrogens (tertiary/aromatic N) is 1. The van der Waals surface area contributed by atoms with E-state index in [1.165, 1.54) is 28.4 Å². The van der Waals surface area contributed by atoms with Crippen LogP contribution in [0.1, 0.15) is 61.2 Å². The van der Waals surface area contributed by atoms with Crippen molar-refractivity contribution in [3.05, 3.63) is 15.6 Å². The van der Waals surface area contributed by atoms with E-state index in [1.807, 2.05) is 18.4 Å². The van der Waals surface area contributed by atoms with Crippen LogP contribution >= 0.6 is 11.3 Å². The fourth-order valence-corrected chi connectivity index (χ4v) is 3.58. The van der Waals surface area contributed by atoms with Gasteiger partial charge in [0, 0.05) is 23.9 Å². The molecule has 3 nitrogen and oxygen atoms in total. The largest absolute Gasteiger partial charge is 0.371 e. The topological polar surface area (TPSA) is 34.1 Å². The van der Waals surface area contributed by atoms with Crippen LogP contribution in [0.15, 0.2) is 0 Å². The van der Waals surface area contributed by atoms with Crippen LogP contribution < -0.4 is 5.32 Å². The van der Waals surface area contributed by atoms with Crippen LogP contribution in [-0.4, -0.2) is 18.6 Å². The maximum atomic E-state index is 5.86. The van der Waals surface area contributed by atoms with Crippen molar-refractivity contribution in [1.29, 1.82) is 0 Å². The molecule has 0 amide bonds. The van der Waals surface area contributed by atoms with Gasteiger partial charge in [0.15, 0.2) is 0 Å². The van der Waals surface area contributed by atoms with Crippen LogP contribution in [0.25, 0.3) is 0 Å². The summed E-state index contributed by atoms with van der Waals surface area (Å²) in [6.07, 6.45) is 2.77. The van der Waals surface area contributed by atoms with Crippen molar-refractivity contribution in [1.82, 2.24) is 10.3 Å². The Bertz CT molecular complexity index is 385. The highest BCUT2D eigenvalue weighted by molar-refractivity contribution is 7.11. The lowest BCUT2D eigenvalue weighted by molar-refractivity contribution is 0.0292. The van der Waals surface area contributed by atoms with E-state index in [0.29, 0.717) is 11.8 Å². The SMILES string of the molecule is CCOC(c1nc(C2CC2)c(CNC)s1)C(C)C. The number of ether oxygens (including phenoxy) is 1. The van der Waals surface area contributed by atoms with Crippen molar-refractivity contribution in [3.8, 4) is 0 Å². The van der Waals surface area contributed by atoms with E-state index < -0.39 is 0 Å². The van der Waals surface area contributed by atoms with Gasteiger partial charge in [0.1, 0.15) is 11.1 Å². The molecule has 1 aliphatic carbocycles.